The first-order valence-corrected chi connectivity index (χ1v) is 6.25. The molecule has 0 radical (unpaired) electrons. The Kier molecular flexibility index (Phi) is 2.66. The van der Waals surface area contributed by atoms with Gasteiger partial charge in [-0.25, -0.2) is 4.98 Å². The topological polar surface area (TPSA) is 46.3 Å². The van der Waals surface area contributed by atoms with Crippen LogP contribution in [0, 0.1) is 0 Å². The SMILES string of the molecule is OCc1ccc2oc(Cc3cccs3)nc2c1. The van der Waals surface area contributed by atoms with Gasteiger partial charge < -0.3 is 9.52 Å². The molecule has 3 aromatic rings. The van der Waals surface area contributed by atoms with Gasteiger partial charge >= 0.3 is 0 Å². The first-order chi connectivity index (χ1) is 8.35. The van der Waals surface area contributed by atoms with Crippen LogP contribution in [0.15, 0.2) is 40.1 Å². The van der Waals surface area contributed by atoms with E-state index in [1.165, 1.54) is 4.88 Å². The van der Waals surface area contributed by atoms with Crippen LogP contribution in [0.1, 0.15) is 16.3 Å². The van der Waals surface area contributed by atoms with Gasteiger partial charge in [0.2, 0.25) is 5.89 Å². The van der Waals surface area contributed by atoms with Gasteiger partial charge in [-0.15, -0.1) is 11.3 Å². The molecular weight excluding hydrogens is 234 g/mol. The average molecular weight is 245 g/mol. The molecule has 3 rings (SSSR count). The van der Waals surface area contributed by atoms with Crippen LogP contribution < -0.4 is 0 Å². The molecule has 0 spiro atoms. The van der Waals surface area contributed by atoms with Crippen LogP contribution in [0.5, 0.6) is 0 Å². The molecule has 0 aliphatic rings. The number of oxazole rings is 1. The highest BCUT2D eigenvalue weighted by Gasteiger charge is 2.07. The fourth-order valence-electron chi connectivity index (χ4n) is 1.76. The highest BCUT2D eigenvalue weighted by molar-refractivity contribution is 7.09. The van der Waals surface area contributed by atoms with Crippen molar-refractivity contribution in [3.63, 3.8) is 0 Å². The lowest BCUT2D eigenvalue weighted by atomic mass is 10.2. The molecule has 0 amide bonds. The minimum absolute atomic E-state index is 0.0308. The van der Waals surface area contributed by atoms with Crippen molar-refractivity contribution in [2.45, 2.75) is 13.0 Å². The maximum Gasteiger partial charge on any atom is 0.200 e. The number of hydrogen-bond acceptors (Lipinski definition) is 4. The second-order valence-electron chi connectivity index (χ2n) is 3.82. The summed E-state index contributed by atoms with van der Waals surface area (Å²) in [5, 5.41) is 11.1. The first kappa shape index (κ1) is 10.5. The minimum Gasteiger partial charge on any atom is -0.440 e. The molecule has 2 heterocycles. The number of rotatable bonds is 3. The molecule has 0 saturated carbocycles. The summed E-state index contributed by atoms with van der Waals surface area (Å²) >= 11 is 1.70. The van der Waals surface area contributed by atoms with Gasteiger partial charge in [0.1, 0.15) is 5.52 Å². The van der Waals surface area contributed by atoms with E-state index in [0.29, 0.717) is 0 Å². The summed E-state index contributed by atoms with van der Waals surface area (Å²) in [6, 6.07) is 9.65. The Labute approximate surface area is 102 Å². The summed E-state index contributed by atoms with van der Waals surface area (Å²) in [5.74, 6) is 0.720. The summed E-state index contributed by atoms with van der Waals surface area (Å²) in [6.07, 6.45) is 0.723. The molecule has 4 heteroatoms. The van der Waals surface area contributed by atoms with Crippen molar-refractivity contribution in [2.24, 2.45) is 0 Å². The molecular formula is C13H11NO2S. The third kappa shape index (κ3) is 2.09. The van der Waals surface area contributed by atoms with Crippen molar-refractivity contribution < 1.29 is 9.52 Å². The van der Waals surface area contributed by atoms with Crippen LogP contribution in [0.2, 0.25) is 0 Å². The third-order valence-electron chi connectivity index (χ3n) is 2.58. The lowest BCUT2D eigenvalue weighted by Gasteiger charge is -1.92. The molecule has 2 aromatic heterocycles. The van der Waals surface area contributed by atoms with Gasteiger partial charge in [-0.2, -0.15) is 0 Å². The Morgan fingerprint density at radius 1 is 1.29 bits per heavy atom. The molecule has 0 bridgehead atoms. The van der Waals surface area contributed by atoms with Gasteiger partial charge in [0, 0.05) is 4.88 Å². The number of aliphatic hydroxyl groups excluding tert-OH is 1. The molecule has 1 N–H and O–H groups in total. The number of thiophene rings is 1. The molecule has 86 valence electrons. The molecule has 0 aliphatic carbocycles. The second kappa shape index (κ2) is 4.31. The first-order valence-electron chi connectivity index (χ1n) is 5.37. The molecule has 17 heavy (non-hydrogen) atoms. The monoisotopic (exact) mass is 245 g/mol. The zero-order chi connectivity index (χ0) is 11.7. The van der Waals surface area contributed by atoms with E-state index >= 15 is 0 Å². The zero-order valence-corrected chi connectivity index (χ0v) is 9.91. The van der Waals surface area contributed by atoms with E-state index in [1.54, 1.807) is 11.3 Å². The van der Waals surface area contributed by atoms with E-state index in [0.717, 1.165) is 29.0 Å². The predicted molar refractivity (Wildman–Crippen MR) is 67.1 cm³/mol. The van der Waals surface area contributed by atoms with Crippen molar-refractivity contribution in [3.05, 3.63) is 52.0 Å². The van der Waals surface area contributed by atoms with E-state index < -0.39 is 0 Å². The van der Waals surface area contributed by atoms with Crippen molar-refractivity contribution in [2.75, 3.05) is 0 Å². The van der Waals surface area contributed by atoms with Gasteiger partial charge in [0.05, 0.1) is 13.0 Å². The Morgan fingerprint density at radius 2 is 2.24 bits per heavy atom. The maximum atomic E-state index is 9.05. The van der Waals surface area contributed by atoms with Gasteiger partial charge in [0.25, 0.3) is 0 Å². The number of aliphatic hydroxyl groups is 1. The number of fused-ring (bicyclic) bond motifs is 1. The quantitative estimate of drug-likeness (QED) is 0.771. The lowest BCUT2D eigenvalue weighted by Crippen LogP contribution is -1.83. The summed E-state index contributed by atoms with van der Waals surface area (Å²) in [6.45, 7) is 0.0308. The predicted octanol–water partition coefficient (Wildman–Crippen LogP) is 2.97. The summed E-state index contributed by atoms with van der Waals surface area (Å²) < 4.78 is 5.65. The highest BCUT2D eigenvalue weighted by Crippen LogP contribution is 2.20. The highest BCUT2D eigenvalue weighted by atomic mass is 32.1. The summed E-state index contributed by atoms with van der Waals surface area (Å²) in [7, 11) is 0. The Balaban J connectivity index is 1.96. The molecule has 3 nitrogen and oxygen atoms in total. The largest absolute Gasteiger partial charge is 0.440 e. The minimum atomic E-state index is 0.0308. The number of hydrogen-bond donors (Lipinski definition) is 1. The van der Waals surface area contributed by atoms with Crippen molar-refractivity contribution in [3.8, 4) is 0 Å². The smallest absolute Gasteiger partial charge is 0.200 e. The zero-order valence-electron chi connectivity index (χ0n) is 9.09. The van der Waals surface area contributed by atoms with Gasteiger partial charge in [-0.05, 0) is 29.1 Å². The van der Waals surface area contributed by atoms with Crippen LogP contribution in [0.3, 0.4) is 0 Å². The Hall–Kier alpha value is -1.65. The van der Waals surface area contributed by atoms with Crippen molar-refractivity contribution >= 4 is 22.4 Å². The van der Waals surface area contributed by atoms with E-state index in [1.807, 2.05) is 29.6 Å². The molecule has 1 aromatic carbocycles. The van der Waals surface area contributed by atoms with Crippen LogP contribution in [0.4, 0.5) is 0 Å². The molecule has 0 saturated heterocycles. The third-order valence-corrected chi connectivity index (χ3v) is 3.46. The molecule has 0 fully saturated rings. The van der Waals surface area contributed by atoms with Crippen LogP contribution in [-0.4, -0.2) is 10.1 Å². The van der Waals surface area contributed by atoms with E-state index in [-0.39, 0.29) is 6.61 Å². The van der Waals surface area contributed by atoms with Crippen molar-refractivity contribution in [1.29, 1.82) is 0 Å². The average Bonchev–Trinajstić information content (AvgIpc) is 2.96. The number of nitrogens with zero attached hydrogens (tertiary/aromatic N) is 1. The molecule has 0 unspecified atom stereocenters. The summed E-state index contributed by atoms with van der Waals surface area (Å²) in [4.78, 5) is 5.66. The van der Waals surface area contributed by atoms with E-state index in [9.17, 15) is 0 Å². The van der Waals surface area contributed by atoms with Crippen molar-refractivity contribution in [1.82, 2.24) is 4.98 Å². The normalized spacial score (nSPS) is 11.1. The van der Waals surface area contributed by atoms with E-state index in [4.69, 9.17) is 9.52 Å². The lowest BCUT2D eigenvalue weighted by molar-refractivity contribution is 0.282. The van der Waals surface area contributed by atoms with Crippen LogP contribution >= 0.6 is 11.3 Å². The number of aromatic nitrogens is 1. The Morgan fingerprint density at radius 3 is 3.00 bits per heavy atom. The van der Waals surface area contributed by atoms with Crippen LogP contribution in [0.25, 0.3) is 11.1 Å². The molecule has 0 aliphatic heterocycles. The fraction of sp³-hybridized carbons (Fsp3) is 0.154. The fourth-order valence-corrected chi connectivity index (χ4v) is 2.45. The maximum absolute atomic E-state index is 9.05. The van der Waals surface area contributed by atoms with Gasteiger partial charge in [0.15, 0.2) is 5.58 Å². The summed E-state index contributed by atoms with van der Waals surface area (Å²) in [5.41, 5.74) is 2.44. The Bertz CT molecular complexity index is 628. The van der Waals surface area contributed by atoms with Crippen LogP contribution in [-0.2, 0) is 13.0 Å². The molecule has 0 atom stereocenters. The van der Waals surface area contributed by atoms with E-state index in [2.05, 4.69) is 11.1 Å². The van der Waals surface area contributed by atoms with Gasteiger partial charge in [-0.1, -0.05) is 12.1 Å². The second-order valence-corrected chi connectivity index (χ2v) is 4.86. The van der Waals surface area contributed by atoms with Gasteiger partial charge in [-0.3, -0.25) is 0 Å². The number of benzene rings is 1. The standard InChI is InChI=1S/C13H11NO2S/c15-8-9-3-4-12-11(6-9)14-13(16-12)7-10-2-1-5-17-10/h1-6,15H,7-8H2.